The number of hydrogen-bond acceptors (Lipinski definition) is 8. The fourth-order valence-corrected chi connectivity index (χ4v) is 5.10. The number of nitrogens with one attached hydrogen (secondary N) is 1. The molecule has 0 saturated carbocycles. The average Bonchev–Trinajstić information content (AvgIpc) is 3.50. The summed E-state index contributed by atoms with van der Waals surface area (Å²) >= 11 is 0. The molecule has 19 heteroatoms. The Bertz CT molecular complexity index is 1270. The SMILES string of the molecule is O=C(NC[C@H]1CO[C@@H]2CN(S(=O)(=O)c3cccnc3)C[C@H]12)c1ccncc1.O=C(O)C(F)(F)F.O=C(O)C(F)(F)F. The minimum atomic E-state index is -5.08. The van der Waals surface area contributed by atoms with Crippen molar-refractivity contribution in [3.63, 3.8) is 0 Å². The normalized spacial score (nSPS) is 20.5. The van der Waals surface area contributed by atoms with Crippen LogP contribution in [0, 0.1) is 11.8 Å². The molecular weight excluding hydrogens is 594 g/mol. The molecule has 0 unspecified atom stereocenters. The maximum absolute atomic E-state index is 12.8. The number of rotatable bonds is 5. The van der Waals surface area contributed by atoms with Crippen molar-refractivity contribution in [1.29, 1.82) is 0 Å². The van der Waals surface area contributed by atoms with Gasteiger partial charge in [0.1, 0.15) is 4.90 Å². The number of halogens is 6. The van der Waals surface area contributed by atoms with Gasteiger partial charge < -0.3 is 20.3 Å². The van der Waals surface area contributed by atoms with E-state index in [1.165, 1.54) is 10.5 Å². The van der Waals surface area contributed by atoms with Gasteiger partial charge in [0.2, 0.25) is 10.0 Å². The molecule has 1 amide bonds. The first-order valence-electron chi connectivity index (χ1n) is 11.2. The predicted molar refractivity (Wildman–Crippen MR) is 124 cm³/mol. The Labute approximate surface area is 228 Å². The maximum atomic E-state index is 12.8. The number of nitrogens with zero attached hydrogens (tertiary/aromatic N) is 3. The molecule has 2 aliphatic rings. The number of ether oxygens (including phenoxy) is 1. The van der Waals surface area contributed by atoms with Crippen molar-refractivity contribution in [3.8, 4) is 0 Å². The number of carboxylic acid groups (broad SMARTS) is 2. The summed E-state index contributed by atoms with van der Waals surface area (Å²) in [6.07, 6.45) is -4.26. The van der Waals surface area contributed by atoms with Crippen LogP contribution in [0.3, 0.4) is 0 Å². The highest BCUT2D eigenvalue weighted by atomic mass is 32.2. The van der Waals surface area contributed by atoms with Crippen molar-refractivity contribution in [1.82, 2.24) is 19.6 Å². The third-order valence-electron chi connectivity index (χ3n) is 5.63. The van der Waals surface area contributed by atoms with Crippen LogP contribution in [0.4, 0.5) is 26.3 Å². The second-order valence-electron chi connectivity index (χ2n) is 8.36. The fourth-order valence-electron chi connectivity index (χ4n) is 3.65. The van der Waals surface area contributed by atoms with Crippen molar-refractivity contribution in [2.45, 2.75) is 23.4 Å². The Morgan fingerprint density at radius 3 is 2.00 bits per heavy atom. The molecule has 0 spiro atoms. The summed E-state index contributed by atoms with van der Waals surface area (Å²) in [5, 5.41) is 17.2. The molecule has 2 fully saturated rings. The number of fused-ring (bicyclic) bond motifs is 1. The third-order valence-corrected chi connectivity index (χ3v) is 7.45. The number of sulfonamides is 1. The lowest BCUT2D eigenvalue weighted by Gasteiger charge is -2.20. The standard InChI is InChI=1S/C18H20N4O4S.2C2HF3O2/c23-18(13-3-6-19-7-4-13)21-8-14-12-26-17-11-22(10-16(14)17)27(24,25)15-2-1-5-20-9-15;2*3-2(4,5)1(6)7/h1-7,9,14,16-17H,8,10-12H2,(H,21,23);2*(H,6,7)/t14-,16+,17+;;/m0../s1. The fraction of sp³-hybridized carbons (Fsp3) is 0.409. The van der Waals surface area contributed by atoms with Crippen molar-refractivity contribution < 1.29 is 64.1 Å². The van der Waals surface area contributed by atoms with Crippen LogP contribution in [0.1, 0.15) is 10.4 Å². The number of alkyl halides is 6. The lowest BCUT2D eigenvalue weighted by atomic mass is 9.93. The first-order chi connectivity index (χ1) is 18.9. The van der Waals surface area contributed by atoms with Crippen LogP contribution in [0.2, 0.25) is 0 Å². The number of aliphatic carboxylic acids is 2. The van der Waals surface area contributed by atoms with Crippen molar-refractivity contribution in [3.05, 3.63) is 54.6 Å². The van der Waals surface area contributed by atoms with Gasteiger partial charge in [0.05, 0.1) is 12.7 Å². The van der Waals surface area contributed by atoms with E-state index in [4.69, 9.17) is 24.5 Å². The van der Waals surface area contributed by atoms with Crippen LogP contribution in [0.15, 0.2) is 53.9 Å². The Kier molecular flexibility index (Phi) is 11.1. The van der Waals surface area contributed by atoms with Gasteiger partial charge in [-0.2, -0.15) is 30.6 Å². The minimum Gasteiger partial charge on any atom is -0.475 e. The summed E-state index contributed by atoms with van der Waals surface area (Å²) in [7, 11) is -3.58. The van der Waals surface area contributed by atoms with E-state index < -0.39 is 34.3 Å². The van der Waals surface area contributed by atoms with Gasteiger partial charge >= 0.3 is 24.3 Å². The lowest BCUT2D eigenvalue weighted by molar-refractivity contribution is -0.193. The first-order valence-corrected chi connectivity index (χ1v) is 12.7. The molecule has 3 atom stereocenters. The van der Waals surface area contributed by atoms with E-state index in [-0.39, 0.29) is 28.7 Å². The largest absolute Gasteiger partial charge is 0.490 e. The monoisotopic (exact) mass is 616 g/mol. The molecule has 4 heterocycles. The molecule has 0 aromatic carbocycles. The van der Waals surface area contributed by atoms with Crippen LogP contribution in [0.25, 0.3) is 0 Å². The number of pyridine rings is 2. The molecule has 41 heavy (non-hydrogen) atoms. The zero-order chi connectivity index (χ0) is 31.0. The second-order valence-corrected chi connectivity index (χ2v) is 10.3. The van der Waals surface area contributed by atoms with Gasteiger partial charge in [-0.25, -0.2) is 18.0 Å². The highest BCUT2D eigenvalue weighted by molar-refractivity contribution is 7.89. The van der Waals surface area contributed by atoms with Gasteiger partial charge in [-0.3, -0.25) is 14.8 Å². The van der Waals surface area contributed by atoms with Crippen LogP contribution in [-0.4, -0.2) is 95.4 Å². The minimum absolute atomic E-state index is 0.0641. The highest BCUT2D eigenvalue weighted by Crippen LogP contribution is 2.35. The summed E-state index contributed by atoms with van der Waals surface area (Å²) in [6, 6.07) is 6.46. The molecule has 3 N–H and O–H groups in total. The smallest absolute Gasteiger partial charge is 0.475 e. The lowest BCUT2D eigenvalue weighted by Crippen LogP contribution is -2.35. The van der Waals surface area contributed by atoms with Crippen molar-refractivity contribution in [2.75, 3.05) is 26.2 Å². The highest BCUT2D eigenvalue weighted by Gasteiger charge is 2.47. The Morgan fingerprint density at radius 1 is 0.951 bits per heavy atom. The summed E-state index contributed by atoms with van der Waals surface area (Å²) in [5.74, 6) is -5.54. The van der Waals surface area contributed by atoms with Crippen LogP contribution < -0.4 is 5.32 Å². The topological polar surface area (TPSA) is 176 Å². The van der Waals surface area contributed by atoms with Gasteiger partial charge in [0.15, 0.2) is 0 Å². The van der Waals surface area contributed by atoms with Crippen molar-refractivity contribution in [2.24, 2.45) is 11.8 Å². The predicted octanol–water partition coefficient (Wildman–Crippen LogP) is 1.81. The molecule has 2 saturated heterocycles. The first kappa shape index (κ1) is 33.4. The Morgan fingerprint density at radius 2 is 1.51 bits per heavy atom. The number of amides is 1. The van der Waals surface area contributed by atoms with E-state index in [0.717, 1.165) is 0 Å². The number of aromatic nitrogens is 2. The Balaban J connectivity index is 0.000000349. The average molecular weight is 616 g/mol. The van der Waals surface area contributed by atoms with E-state index in [1.807, 2.05) is 0 Å². The van der Waals surface area contributed by atoms with Gasteiger partial charge in [-0.15, -0.1) is 0 Å². The van der Waals surface area contributed by atoms with Gasteiger partial charge in [0, 0.05) is 61.8 Å². The zero-order valence-electron chi connectivity index (χ0n) is 20.5. The van der Waals surface area contributed by atoms with E-state index in [9.17, 15) is 39.6 Å². The summed E-state index contributed by atoms with van der Waals surface area (Å²) in [5.41, 5.74) is 0.549. The summed E-state index contributed by atoms with van der Waals surface area (Å²) in [4.78, 5) is 38.0. The van der Waals surface area contributed by atoms with E-state index in [1.54, 1.807) is 42.9 Å². The number of carbonyl (C=O) groups is 3. The third kappa shape index (κ3) is 9.64. The quantitative estimate of drug-likeness (QED) is 0.420. The van der Waals surface area contributed by atoms with Gasteiger partial charge in [0.25, 0.3) is 5.91 Å². The summed E-state index contributed by atoms with van der Waals surface area (Å²) < 4.78 is 96.3. The molecule has 226 valence electrons. The van der Waals surface area contributed by atoms with Crippen LogP contribution >= 0.6 is 0 Å². The zero-order valence-corrected chi connectivity index (χ0v) is 21.4. The van der Waals surface area contributed by atoms with E-state index in [0.29, 0.717) is 31.8 Å². The van der Waals surface area contributed by atoms with Crippen molar-refractivity contribution >= 4 is 27.9 Å². The summed E-state index contributed by atoms with van der Waals surface area (Å²) in [6.45, 7) is 1.68. The van der Waals surface area contributed by atoms with Gasteiger partial charge in [-0.1, -0.05) is 0 Å². The number of carbonyl (C=O) groups excluding carboxylic acids is 1. The molecule has 0 radical (unpaired) electrons. The molecule has 4 rings (SSSR count). The van der Waals surface area contributed by atoms with E-state index >= 15 is 0 Å². The van der Waals surface area contributed by atoms with Crippen LogP contribution in [0.5, 0.6) is 0 Å². The molecule has 2 aromatic rings. The molecule has 0 aliphatic carbocycles. The van der Waals surface area contributed by atoms with E-state index in [2.05, 4.69) is 15.3 Å². The maximum Gasteiger partial charge on any atom is 0.490 e. The molecular formula is C22H22F6N4O8S. The molecule has 0 bridgehead atoms. The molecule has 2 aromatic heterocycles. The van der Waals surface area contributed by atoms with Gasteiger partial charge in [-0.05, 0) is 24.3 Å². The van der Waals surface area contributed by atoms with Crippen LogP contribution in [-0.2, 0) is 24.3 Å². The number of carboxylic acids is 2. The Hall–Kier alpha value is -3.84. The molecule has 12 nitrogen and oxygen atoms in total. The molecule has 2 aliphatic heterocycles. The number of hydrogen-bond donors (Lipinski definition) is 3. The second kappa shape index (κ2) is 13.7.